The smallest absolute Gasteiger partial charge is 0.253 e. The van der Waals surface area contributed by atoms with Crippen molar-refractivity contribution < 1.29 is 9.53 Å². The van der Waals surface area contributed by atoms with Crippen LogP contribution in [0, 0.1) is 17.2 Å². The first-order valence-corrected chi connectivity index (χ1v) is 9.84. The summed E-state index contributed by atoms with van der Waals surface area (Å²) in [5.74, 6) is 0.974. The molecule has 1 aliphatic heterocycles. The molecule has 0 radical (unpaired) electrons. The van der Waals surface area contributed by atoms with Crippen molar-refractivity contribution >= 4 is 17.7 Å². The van der Waals surface area contributed by atoms with Crippen molar-refractivity contribution in [2.24, 2.45) is 5.92 Å². The summed E-state index contributed by atoms with van der Waals surface area (Å²) in [6.45, 7) is 2.04. The highest BCUT2D eigenvalue weighted by Gasteiger charge is 2.24. The molecule has 1 fully saturated rings. The first-order valence-electron chi connectivity index (χ1n) is 8.62. The molecular weight excluding hydrogens is 346 g/mol. The maximum atomic E-state index is 12.6. The van der Waals surface area contributed by atoms with E-state index in [2.05, 4.69) is 11.1 Å². The van der Waals surface area contributed by atoms with Gasteiger partial charge in [0.1, 0.15) is 0 Å². The summed E-state index contributed by atoms with van der Waals surface area (Å²) in [6.07, 6.45) is 5.42. The number of likely N-dealkylation sites (tertiary alicyclic amines) is 1. The van der Waals surface area contributed by atoms with Crippen LogP contribution < -0.4 is 4.74 Å². The number of nitrogens with zero attached hydrogens (tertiary/aromatic N) is 3. The summed E-state index contributed by atoms with van der Waals surface area (Å²) in [5.41, 5.74) is 1.29. The maximum absolute atomic E-state index is 12.6. The number of carbonyl (C=O) groups excluding carboxylic acids is 1. The molecule has 1 aromatic carbocycles. The lowest BCUT2D eigenvalue weighted by atomic mass is 9.97. The van der Waals surface area contributed by atoms with Gasteiger partial charge < -0.3 is 9.64 Å². The highest BCUT2D eigenvalue weighted by molar-refractivity contribution is 7.98. The summed E-state index contributed by atoms with van der Waals surface area (Å²) >= 11 is 1.67. The van der Waals surface area contributed by atoms with Gasteiger partial charge in [-0.15, -0.1) is 11.8 Å². The van der Waals surface area contributed by atoms with Crippen LogP contribution in [0.2, 0.25) is 0 Å². The van der Waals surface area contributed by atoms with E-state index in [0.29, 0.717) is 24.0 Å². The van der Waals surface area contributed by atoms with Gasteiger partial charge >= 0.3 is 0 Å². The van der Waals surface area contributed by atoms with E-state index in [0.717, 1.165) is 36.4 Å². The van der Waals surface area contributed by atoms with Gasteiger partial charge in [0.05, 0.1) is 18.2 Å². The van der Waals surface area contributed by atoms with E-state index in [9.17, 15) is 4.79 Å². The Balaban J connectivity index is 1.49. The fourth-order valence-electron chi connectivity index (χ4n) is 2.98. The molecule has 1 saturated heterocycles. The summed E-state index contributed by atoms with van der Waals surface area (Å²) in [4.78, 5) is 19.8. The molecule has 0 bridgehead atoms. The van der Waals surface area contributed by atoms with Crippen LogP contribution in [-0.2, 0) is 0 Å². The van der Waals surface area contributed by atoms with E-state index in [1.165, 1.54) is 0 Å². The summed E-state index contributed by atoms with van der Waals surface area (Å²) in [5, 5.41) is 8.91. The second kappa shape index (κ2) is 8.72. The molecule has 1 amide bonds. The molecule has 3 rings (SSSR count). The van der Waals surface area contributed by atoms with Gasteiger partial charge in [0.2, 0.25) is 5.88 Å². The van der Waals surface area contributed by atoms with Crippen LogP contribution in [0.1, 0.15) is 28.8 Å². The Hall–Kier alpha value is -2.52. The molecule has 0 atom stereocenters. The van der Waals surface area contributed by atoms with Crippen molar-refractivity contribution in [3.8, 4) is 11.9 Å². The van der Waals surface area contributed by atoms with Crippen molar-refractivity contribution in [1.82, 2.24) is 9.88 Å². The first-order chi connectivity index (χ1) is 12.7. The van der Waals surface area contributed by atoms with E-state index >= 15 is 0 Å². The minimum absolute atomic E-state index is 0.0976. The highest BCUT2D eigenvalue weighted by Crippen LogP contribution is 2.21. The van der Waals surface area contributed by atoms with E-state index in [1.807, 2.05) is 35.4 Å². The van der Waals surface area contributed by atoms with Crippen LogP contribution in [0.3, 0.4) is 0 Å². The summed E-state index contributed by atoms with van der Waals surface area (Å²) in [7, 11) is 0. The first kappa shape index (κ1) is 18.3. The predicted octanol–water partition coefficient (Wildman–Crippen LogP) is 3.61. The average Bonchev–Trinajstić information content (AvgIpc) is 2.72. The molecule has 0 unspecified atom stereocenters. The molecule has 134 valence electrons. The molecule has 0 aliphatic carbocycles. The lowest BCUT2D eigenvalue weighted by Gasteiger charge is -2.32. The Morgan fingerprint density at radius 2 is 2.04 bits per heavy atom. The van der Waals surface area contributed by atoms with Gasteiger partial charge in [0, 0.05) is 35.8 Å². The number of pyridine rings is 1. The van der Waals surface area contributed by atoms with Crippen molar-refractivity contribution in [3.63, 3.8) is 0 Å². The molecule has 26 heavy (non-hydrogen) atoms. The molecule has 0 saturated carbocycles. The number of rotatable bonds is 5. The third-order valence-electron chi connectivity index (χ3n) is 4.57. The maximum Gasteiger partial charge on any atom is 0.253 e. The van der Waals surface area contributed by atoms with Crippen molar-refractivity contribution in [3.05, 3.63) is 53.7 Å². The van der Waals surface area contributed by atoms with E-state index in [-0.39, 0.29) is 5.91 Å². The fraction of sp³-hybridized carbons (Fsp3) is 0.350. The number of nitriles is 1. The van der Waals surface area contributed by atoms with Crippen molar-refractivity contribution in [2.75, 3.05) is 26.0 Å². The number of hydrogen-bond acceptors (Lipinski definition) is 5. The quantitative estimate of drug-likeness (QED) is 0.755. The number of hydrogen-bond donors (Lipinski definition) is 0. The minimum atomic E-state index is 0.0976. The van der Waals surface area contributed by atoms with Crippen LogP contribution in [0.4, 0.5) is 0 Å². The van der Waals surface area contributed by atoms with E-state index < -0.39 is 0 Å². The second-order valence-electron chi connectivity index (χ2n) is 6.27. The Bertz CT molecular complexity index is 793. The van der Waals surface area contributed by atoms with Gasteiger partial charge in [-0.3, -0.25) is 4.79 Å². The number of amides is 1. The van der Waals surface area contributed by atoms with Gasteiger partial charge in [-0.1, -0.05) is 0 Å². The zero-order valence-corrected chi connectivity index (χ0v) is 15.5. The number of carbonyl (C=O) groups is 1. The van der Waals surface area contributed by atoms with Gasteiger partial charge in [0.15, 0.2) is 0 Å². The Labute approximate surface area is 158 Å². The van der Waals surface area contributed by atoms with Crippen LogP contribution in [0.25, 0.3) is 0 Å². The molecule has 2 heterocycles. The molecule has 0 spiro atoms. The Morgan fingerprint density at radius 1 is 1.31 bits per heavy atom. The zero-order valence-electron chi connectivity index (χ0n) is 14.7. The summed E-state index contributed by atoms with van der Waals surface area (Å²) in [6, 6.07) is 13.2. The van der Waals surface area contributed by atoms with Crippen molar-refractivity contribution in [2.45, 2.75) is 17.7 Å². The van der Waals surface area contributed by atoms with Gasteiger partial charge in [-0.05, 0) is 55.3 Å². The van der Waals surface area contributed by atoms with Crippen LogP contribution in [0.5, 0.6) is 5.88 Å². The molecular formula is C20H21N3O2S. The lowest BCUT2D eigenvalue weighted by molar-refractivity contribution is 0.0659. The van der Waals surface area contributed by atoms with Crippen molar-refractivity contribution in [1.29, 1.82) is 5.26 Å². The topological polar surface area (TPSA) is 66.2 Å². The second-order valence-corrected chi connectivity index (χ2v) is 7.15. The highest BCUT2D eigenvalue weighted by atomic mass is 32.2. The number of thioether (sulfide) groups is 1. The molecule has 2 aromatic rings. The molecule has 6 heteroatoms. The average molecular weight is 367 g/mol. The number of aromatic nitrogens is 1. The van der Waals surface area contributed by atoms with Gasteiger partial charge in [-0.25, -0.2) is 4.98 Å². The summed E-state index contributed by atoms with van der Waals surface area (Å²) < 4.78 is 5.73. The van der Waals surface area contributed by atoms with Crippen LogP contribution >= 0.6 is 11.8 Å². The number of piperidine rings is 1. The van der Waals surface area contributed by atoms with Gasteiger partial charge in [-0.2, -0.15) is 5.26 Å². The molecule has 5 nitrogen and oxygen atoms in total. The monoisotopic (exact) mass is 367 g/mol. The minimum Gasteiger partial charge on any atom is -0.477 e. The van der Waals surface area contributed by atoms with Crippen LogP contribution in [-0.4, -0.2) is 41.7 Å². The third kappa shape index (κ3) is 4.55. The molecule has 1 aliphatic rings. The van der Waals surface area contributed by atoms with Gasteiger partial charge in [0.25, 0.3) is 5.91 Å². The largest absolute Gasteiger partial charge is 0.477 e. The standard InChI is InChI=1S/C20H21N3O2S/c1-26-18-4-2-17(3-5-18)20(24)23-10-7-15(8-11-23)14-25-19-12-16(13-21)6-9-22-19/h2-6,9,12,15H,7-8,10-11,14H2,1H3. The SMILES string of the molecule is CSc1ccc(C(=O)N2CCC(COc3cc(C#N)ccn3)CC2)cc1. The molecule has 1 aromatic heterocycles. The third-order valence-corrected chi connectivity index (χ3v) is 5.31. The molecule has 0 N–H and O–H groups in total. The zero-order chi connectivity index (χ0) is 18.4. The lowest BCUT2D eigenvalue weighted by Crippen LogP contribution is -2.39. The predicted molar refractivity (Wildman–Crippen MR) is 101 cm³/mol. The number of ether oxygens (including phenoxy) is 1. The van der Waals surface area contributed by atoms with E-state index in [1.54, 1.807) is 30.1 Å². The van der Waals surface area contributed by atoms with E-state index in [4.69, 9.17) is 10.00 Å². The normalized spacial score (nSPS) is 14.7. The Kier molecular flexibility index (Phi) is 6.13. The Morgan fingerprint density at radius 3 is 2.69 bits per heavy atom. The fourth-order valence-corrected chi connectivity index (χ4v) is 3.39. The number of benzene rings is 1. The van der Waals surface area contributed by atoms with Crippen LogP contribution in [0.15, 0.2) is 47.5 Å².